The normalized spacial score (nSPS) is 17.3. The van der Waals surface area contributed by atoms with Crippen molar-refractivity contribution < 1.29 is 27.6 Å². The van der Waals surface area contributed by atoms with Crippen molar-refractivity contribution in [2.75, 3.05) is 13.1 Å². The van der Waals surface area contributed by atoms with Gasteiger partial charge in [-0.05, 0) is 19.4 Å². The molecule has 3 heterocycles. The topological polar surface area (TPSA) is 119 Å². The van der Waals surface area contributed by atoms with E-state index in [9.17, 15) is 13.2 Å². The zero-order valence-electron chi connectivity index (χ0n) is 14.7. The Morgan fingerprint density at radius 1 is 1.44 bits per heavy atom. The van der Waals surface area contributed by atoms with Gasteiger partial charge in [0.05, 0.1) is 5.75 Å². The van der Waals surface area contributed by atoms with Gasteiger partial charge in [0.2, 0.25) is 5.89 Å². The fraction of sp³-hybridized carbons (Fsp3) is 0.643. The highest BCUT2D eigenvalue weighted by Crippen LogP contribution is 2.29. The number of aromatic nitrogens is 5. The van der Waals surface area contributed by atoms with Crippen LogP contribution in [0.15, 0.2) is 9.68 Å². The lowest BCUT2D eigenvalue weighted by molar-refractivity contribution is -0.146. The van der Waals surface area contributed by atoms with Gasteiger partial charge in [-0.1, -0.05) is 16.9 Å². The van der Waals surface area contributed by atoms with Crippen LogP contribution in [0.25, 0.3) is 0 Å². The van der Waals surface area contributed by atoms with E-state index in [0.717, 1.165) is 38.7 Å². The maximum atomic E-state index is 12.4. The summed E-state index contributed by atoms with van der Waals surface area (Å²) >= 11 is 1.21. The van der Waals surface area contributed by atoms with E-state index in [1.807, 2.05) is 11.6 Å². The summed E-state index contributed by atoms with van der Waals surface area (Å²) in [5.74, 6) is -0.902. The number of alkyl halides is 3. The Morgan fingerprint density at radius 2 is 2.15 bits per heavy atom. The maximum absolute atomic E-state index is 12.4. The van der Waals surface area contributed by atoms with Crippen LogP contribution in [0.3, 0.4) is 0 Å². The van der Waals surface area contributed by atoms with Gasteiger partial charge in [-0.2, -0.15) is 18.2 Å². The third-order valence-corrected chi connectivity index (χ3v) is 4.58. The summed E-state index contributed by atoms with van der Waals surface area (Å²) < 4.78 is 43.7. The molecule has 1 unspecified atom stereocenters. The molecule has 9 nitrogen and oxygen atoms in total. The number of thioether (sulfide) groups is 1. The minimum atomic E-state index is -4.60. The highest BCUT2D eigenvalue weighted by atomic mass is 32.2. The average Bonchev–Trinajstić information content (AvgIpc) is 3.20. The Kier molecular flexibility index (Phi) is 7.18. The van der Waals surface area contributed by atoms with E-state index in [-0.39, 0.29) is 11.6 Å². The van der Waals surface area contributed by atoms with E-state index in [2.05, 4.69) is 30.2 Å². The summed E-state index contributed by atoms with van der Waals surface area (Å²) in [6, 6.07) is 0. The molecule has 3 rings (SSSR count). The fourth-order valence-corrected chi connectivity index (χ4v) is 3.19. The van der Waals surface area contributed by atoms with Gasteiger partial charge in [-0.15, -0.1) is 10.2 Å². The van der Waals surface area contributed by atoms with Crippen LogP contribution in [0, 0.1) is 0 Å². The standard InChI is InChI=1S/C12H15F3N6OS.C2H4O2/c1-21-9(7-3-2-4-16-5-7)18-19-11(21)23-6-8-17-10(20-22-8)12(13,14)15;1-2(3)4/h7,16H,2-6H2,1H3;1H3,(H,3,4). The van der Waals surface area contributed by atoms with Gasteiger partial charge in [0, 0.05) is 26.4 Å². The van der Waals surface area contributed by atoms with Gasteiger partial charge >= 0.3 is 6.18 Å². The Bertz CT molecular complexity index is 754. The maximum Gasteiger partial charge on any atom is 0.455 e. The second kappa shape index (κ2) is 9.17. The number of rotatable bonds is 4. The molecule has 0 bridgehead atoms. The van der Waals surface area contributed by atoms with Gasteiger partial charge in [0.1, 0.15) is 5.82 Å². The van der Waals surface area contributed by atoms with Gasteiger partial charge in [-0.25, -0.2) is 0 Å². The van der Waals surface area contributed by atoms with Crippen molar-refractivity contribution in [2.24, 2.45) is 7.05 Å². The molecule has 0 aliphatic carbocycles. The summed E-state index contributed by atoms with van der Waals surface area (Å²) in [5.41, 5.74) is 0. The Labute approximate surface area is 156 Å². The molecule has 1 fully saturated rings. The first-order valence-corrected chi connectivity index (χ1v) is 8.99. The second-order valence-electron chi connectivity index (χ2n) is 5.76. The Balaban J connectivity index is 0.000000596. The number of piperidine rings is 1. The minimum absolute atomic E-state index is 0.0915. The molecule has 0 aromatic carbocycles. The molecule has 0 spiro atoms. The quantitative estimate of drug-likeness (QED) is 0.733. The zero-order valence-corrected chi connectivity index (χ0v) is 15.5. The molecular formula is C14H19F3N6O3S. The van der Waals surface area contributed by atoms with Crippen LogP contribution in [0.5, 0.6) is 0 Å². The number of aliphatic carboxylic acids is 1. The van der Waals surface area contributed by atoms with Crippen LogP contribution in [0.1, 0.15) is 43.2 Å². The van der Waals surface area contributed by atoms with Crippen molar-refractivity contribution in [3.8, 4) is 0 Å². The average molecular weight is 408 g/mol. The van der Waals surface area contributed by atoms with Crippen molar-refractivity contribution in [3.05, 3.63) is 17.5 Å². The molecule has 27 heavy (non-hydrogen) atoms. The van der Waals surface area contributed by atoms with Crippen LogP contribution in [-0.2, 0) is 23.8 Å². The van der Waals surface area contributed by atoms with Crippen molar-refractivity contribution >= 4 is 17.7 Å². The summed E-state index contributed by atoms with van der Waals surface area (Å²) in [6.45, 7) is 2.95. The van der Waals surface area contributed by atoms with Crippen molar-refractivity contribution in [3.63, 3.8) is 0 Å². The molecule has 150 valence electrons. The fourth-order valence-electron chi connectivity index (χ4n) is 2.43. The van der Waals surface area contributed by atoms with E-state index in [4.69, 9.17) is 9.90 Å². The monoisotopic (exact) mass is 408 g/mol. The van der Waals surface area contributed by atoms with Crippen LogP contribution in [-0.4, -0.2) is 49.1 Å². The highest BCUT2D eigenvalue weighted by Gasteiger charge is 2.37. The zero-order chi connectivity index (χ0) is 20.0. The molecule has 13 heteroatoms. The summed E-state index contributed by atoms with van der Waals surface area (Å²) in [4.78, 5) is 12.3. The van der Waals surface area contributed by atoms with Gasteiger partial charge in [0.25, 0.3) is 11.8 Å². The molecule has 2 aromatic heterocycles. The first-order chi connectivity index (χ1) is 12.7. The number of nitrogens with zero attached hydrogens (tertiary/aromatic N) is 5. The van der Waals surface area contributed by atoms with E-state index in [1.54, 1.807) is 0 Å². The number of hydrogen-bond donors (Lipinski definition) is 2. The molecule has 1 aliphatic heterocycles. The Hall–Kier alpha value is -2.15. The first kappa shape index (κ1) is 21.2. The molecular weight excluding hydrogens is 389 g/mol. The molecule has 0 saturated carbocycles. The van der Waals surface area contributed by atoms with Gasteiger partial charge < -0.3 is 19.5 Å². The van der Waals surface area contributed by atoms with Crippen molar-refractivity contribution in [2.45, 2.75) is 42.8 Å². The second-order valence-corrected chi connectivity index (χ2v) is 6.70. The van der Waals surface area contributed by atoms with Crippen LogP contribution in [0.2, 0.25) is 0 Å². The molecule has 2 aromatic rings. The largest absolute Gasteiger partial charge is 0.481 e. The van der Waals surface area contributed by atoms with E-state index >= 15 is 0 Å². The Morgan fingerprint density at radius 3 is 2.70 bits per heavy atom. The van der Waals surface area contributed by atoms with Gasteiger partial charge in [0.15, 0.2) is 5.16 Å². The highest BCUT2D eigenvalue weighted by molar-refractivity contribution is 7.98. The first-order valence-electron chi connectivity index (χ1n) is 8.00. The SMILES string of the molecule is CC(=O)O.Cn1c(SCc2nc(C(F)(F)F)no2)nnc1C1CCCNC1. The smallest absolute Gasteiger partial charge is 0.455 e. The third kappa shape index (κ3) is 6.20. The van der Waals surface area contributed by atoms with Crippen molar-refractivity contribution in [1.29, 1.82) is 0 Å². The molecule has 1 saturated heterocycles. The molecule has 0 radical (unpaired) electrons. The number of carboxylic acids is 1. The van der Waals surface area contributed by atoms with Crippen molar-refractivity contribution in [1.82, 2.24) is 30.2 Å². The number of hydrogen-bond acceptors (Lipinski definition) is 8. The molecule has 0 amide bonds. The summed E-state index contributed by atoms with van der Waals surface area (Å²) in [7, 11) is 1.85. The summed E-state index contributed by atoms with van der Waals surface area (Å²) in [6.07, 6.45) is -2.47. The number of carbonyl (C=O) groups is 1. The van der Waals surface area contributed by atoms with E-state index < -0.39 is 18.0 Å². The van der Waals surface area contributed by atoms with Gasteiger partial charge in [-0.3, -0.25) is 4.79 Å². The minimum Gasteiger partial charge on any atom is -0.481 e. The number of nitrogens with one attached hydrogen (secondary N) is 1. The number of carboxylic acid groups (broad SMARTS) is 1. The van der Waals surface area contributed by atoms with E-state index in [0.29, 0.717) is 11.1 Å². The van der Waals surface area contributed by atoms with Crippen LogP contribution < -0.4 is 5.32 Å². The molecule has 1 aliphatic rings. The predicted molar refractivity (Wildman–Crippen MR) is 88.0 cm³/mol. The van der Waals surface area contributed by atoms with Crippen LogP contribution >= 0.6 is 11.8 Å². The molecule has 2 N–H and O–H groups in total. The van der Waals surface area contributed by atoms with Crippen LogP contribution in [0.4, 0.5) is 13.2 Å². The lowest BCUT2D eigenvalue weighted by atomic mass is 9.99. The predicted octanol–water partition coefficient (Wildman–Crippen LogP) is 2.07. The van der Waals surface area contributed by atoms with E-state index in [1.165, 1.54) is 11.8 Å². The summed E-state index contributed by atoms with van der Waals surface area (Å²) in [5, 5.41) is 22.6. The molecule has 1 atom stereocenters. The number of halogens is 3. The lowest BCUT2D eigenvalue weighted by Crippen LogP contribution is -2.29. The lowest BCUT2D eigenvalue weighted by Gasteiger charge is -2.21. The third-order valence-electron chi connectivity index (χ3n) is 3.58.